The molecule has 0 bridgehead atoms. The number of aliphatic hydroxyl groups is 2. The molecule has 1 saturated heterocycles. The summed E-state index contributed by atoms with van der Waals surface area (Å²) in [6, 6.07) is 0. The summed E-state index contributed by atoms with van der Waals surface area (Å²) in [6.07, 6.45) is 9.08. The molecule has 2 N–H and O–H groups in total. The third-order valence-corrected chi connectivity index (χ3v) is 6.97. The van der Waals surface area contributed by atoms with Crippen LogP contribution in [0.1, 0.15) is 39.5 Å². The molecule has 2 aliphatic carbocycles. The standard InChI is InChI=1S/C25H39NO4/c1-3-4-5-19(2)24(27)7-6-22-23-17-20(16-21(23)18-25(22)28)8-12-29-13-9-26-10-14-30-15-11-26/h6-8,19,21-25,27-28H,5,9-18H2,1-2H3/b7-6+,20-8+/t19-,21-,22+,23-,24+,25+/m0/s1. The second-order valence-corrected chi connectivity index (χ2v) is 9.09. The largest absolute Gasteiger partial charge is 0.392 e. The number of ether oxygens (including phenoxy) is 2. The van der Waals surface area contributed by atoms with E-state index in [0.29, 0.717) is 24.9 Å². The van der Waals surface area contributed by atoms with Crippen LogP contribution in [0.15, 0.2) is 23.8 Å². The molecule has 0 aromatic rings. The normalized spacial score (nSPS) is 32.9. The van der Waals surface area contributed by atoms with Gasteiger partial charge in [0.15, 0.2) is 0 Å². The molecule has 3 fully saturated rings. The number of morpholine rings is 1. The smallest absolute Gasteiger partial charge is 0.0755 e. The second kappa shape index (κ2) is 12.0. The molecule has 30 heavy (non-hydrogen) atoms. The van der Waals surface area contributed by atoms with E-state index in [2.05, 4.69) is 28.9 Å². The van der Waals surface area contributed by atoms with Crippen LogP contribution in [0.3, 0.4) is 0 Å². The van der Waals surface area contributed by atoms with Crippen LogP contribution >= 0.6 is 0 Å². The van der Waals surface area contributed by atoms with Gasteiger partial charge in [-0.05, 0) is 43.9 Å². The minimum Gasteiger partial charge on any atom is -0.392 e. The van der Waals surface area contributed by atoms with Crippen molar-refractivity contribution < 1.29 is 19.7 Å². The van der Waals surface area contributed by atoms with Gasteiger partial charge < -0.3 is 19.7 Å². The average molecular weight is 418 g/mol. The lowest BCUT2D eigenvalue weighted by Crippen LogP contribution is -2.38. The molecule has 0 unspecified atom stereocenters. The number of nitrogens with zero attached hydrogens (tertiary/aromatic N) is 1. The molecule has 0 spiro atoms. The van der Waals surface area contributed by atoms with Crippen LogP contribution in [0.2, 0.25) is 0 Å². The van der Waals surface area contributed by atoms with Crippen LogP contribution < -0.4 is 0 Å². The van der Waals surface area contributed by atoms with Crippen LogP contribution in [0.25, 0.3) is 0 Å². The fourth-order valence-corrected chi connectivity index (χ4v) is 5.03. The number of allylic oxidation sites excluding steroid dienone is 1. The zero-order valence-corrected chi connectivity index (χ0v) is 18.6. The third-order valence-electron chi connectivity index (χ3n) is 6.97. The van der Waals surface area contributed by atoms with Crippen molar-refractivity contribution in [2.24, 2.45) is 23.7 Å². The van der Waals surface area contributed by atoms with Crippen molar-refractivity contribution in [1.29, 1.82) is 0 Å². The first-order chi connectivity index (χ1) is 14.6. The Morgan fingerprint density at radius 3 is 2.87 bits per heavy atom. The van der Waals surface area contributed by atoms with Crippen molar-refractivity contribution in [3.8, 4) is 11.8 Å². The van der Waals surface area contributed by atoms with Gasteiger partial charge in [-0.25, -0.2) is 0 Å². The van der Waals surface area contributed by atoms with Gasteiger partial charge in [-0.15, -0.1) is 11.8 Å². The van der Waals surface area contributed by atoms with E-state index < -0.39 is 6.10 Å². The Hall–Kier alpha value is -1.16. The third kappa shape index (κ3) is 6.67. The predicted octanol–water partition coefficient (Wildman–Crippen LogP) is 2.64. The maximum absolute atomic E-state index is 10.5. The Bertz CT molecular complexity index is 643. The lowest BCUT2D eigenvalue weighted by molar-refractivity contribution is 0.0233. The van der Waals surface area contributed by atoms with Crippen molar-refractivity contribution in [3.63, 3.8) is 0 Å². The lowest BCUT2D eigenvalue weighted by Gasteiger charge is -2.26. The minimum absolute atomic E-state index is 0.108. The summed E-state index contributed by atoms with van der Waals surface area (Å²) in [7, 11) is 0. The van der Waals surface area contributed by atoms with Crippen molar-refractivity contribution in [3.05, 3.63) is 23.8 Å². The molecular formula is C25H39NO4. The highest BCUT2D eigenvalue weighted by molar-refractivity contribution is 5.18. The SMILES string of the molecule is CC#CC[C@H](C)[C@H](O)/C=C/[C@@H]1[C@H]2C/C(=C/COCCN3CCOCC3)C[C@H]2C[C@H]1O. The van der Waals surface area contributed by atoms with Crippen LogP contribution in [0.5, 0.6) is 0 Å². The summed E-state index contributed by atoms with van der Waals surface area (Å²) in [6.45, 7) is 9.92. The molecular weight excluding hydrogens is 378 g/mol. The summed E-state index contributed by atoms with van der Waals surface area (Å²) in [5.74, 6) is 7.20. The summed E-state index contributed by atoms with van der Waals surface area (Å²) >= 11 is 0. The summed E-state index contributed by atoms with van der Waals surface area (Å²) in [5.41, 5.74) is 1.47. The molecule has 5 nitrogen and oxygen atoms in total. The number of fused-ring (bicyclic) bond motifs is 1. The van der Waals surface area contributed by atoms with E-state index >= 15 is 0 Å². The van der Waals surface area contributed by atoms with E-state index in [4.69, 9.17) is 9.47 Å². The molecule has 0 aromatic carbocycles. The monoisotopic (exact) mass is 417 g/mol. The predicted molar refractivity (Wildman–Crippen MR) is 119 cm³/mol. The highest BCUT2D eigenvalue weighted by Gasteiger charge is 2.45. The first-order valence-corrected chi connectivity index (χ1v) is 11.6. The highest BCUT2D eigenvalue weighted by Crippen LogP contribution is 2.50. The van der Waals surface area contributed by atoms with Gasteiger partial charge in [0, 0.05) is 32.0 Å². The van der Waals surface area contributed by atoms with Gasteiger partial charge in [0.2, 0.25) is 0 Å². The van der Waals surface area contributed by atoms with E-state index in [-0.39, 0.29) is 17.9 Å². The molecule has 3 aliphatic rings. The van der Waals surface area contributed by atoms with E-state index in [1.807, 2.05) is 19.9 Å². The average Bonchev–Trinajstić information content (AvgIpc) is 3.27. The lowest BCUT2D eigenvalue weighted by atomic mass is 9.89. The Morgan fingerprint density at radius 2 is 2.10 bits per heavy atom. The van der Waals surface area contributed by atoms with Gasteiger partial charge in [0.1, 0.15) is 0 Å². The highest BCUT2D eigenvalue weighted by atomic mass is 16.5. The number of hydrogen-bond acceptors (Lipinski definition) is 5. The number of hydrogen-bond donors (Lipinski definition) is 2. The fraction of sp³-hybridized carbons (Fsp3) is 0.760. The molecule has 1 heterocycles. The molecule has 5 heteroatoms. The first-order valence-electron chi connectivity index (χ1n) is 11.6. The zero-order valence-electron chi connectivity index (χ0n) is 18.6. The van der Waals surface area contributed by atoms with Gasteiger partial charge in [-0.2, -0.15) is 0 Å². The molecule has 168 valence electrons. The minimum atomic E-state index is -0.506. The van der Waals surface area contributed by atoms with Gasteiger partial charge >= 0.3 is 0 Å². The molecule has 0 amide bonds. The Morgan fingerprint density at radius 1 is 1.30 bits per heavy atom. The molecule has 6 atom stereocenters. The molecule has 2 saturated carbocycles. The van der Waals surface area contributed by atoms with Gasteiger partial charge in [-0.1, -0.05) is 30.7 Å². The van der Waals surface area contributed by atoms with Crippen LogP contribution in [0, 0.1) is 35.5 Å². The molecule has 3 rings (SSSR count). The van der Waals surface area contributed by atoms with Gasteiger partial charge in [0.25, 0.3) is 0 Å². The first kappa shape index (κ1) is 23.5. The van der Waals surface area contributed by atoms with Crippen molar-refractivity contribution in [1.82, 2.24) is 4.90 Å². The van der Waals surface area contributed by atoms with Gasteiger partial charge in [0.05, 0.1) is 38.6 Å². The zero-order chi connectivity index (χ0) is 21.3. The topological polar surface area (TPSA) is 62.2 Å². The Balaban J connectivity index is 1.42. The quantitative estimate of drug-likeness (QED) is 0.343. The summed E-state index contributed by atoms with van der Waals surface area (Å²) in [5, 5.41) is 20.9. The van der Waals surface area contributed by atoms with Crippen LogP contribution in [-0.2, 0) is 9.47 Å². The Kier molecular flexibility index (Phi) is 9.42. The van der Waals surface area contributed by atoms with Crippen LogP contribution in [0.4, 0.5) is 0 Å². The maximum atomic E-state index is 10.5. The summed E-state index contributed by atoms with van der Waals surface area (Å²) in [4.78, 5) is 2.39. The van der Waals surface area contributed by atoms with Crippen LogP contribution in [-0.4, -0.2) is 73.4 Å². The van der Waals surface area contributed by atoms with E-state index in [9.17, 15) is 10.2 Å². The summed E-state index contributed by atoms with van der Waals surface area (Å²) < 4.78 is 11.2. The molecule has 1 aliphatic heterocycles. The molecule has 0 radical (unpaired) electrons. The number of rotatable bonds is 9. The fourth-order valence-electron chi connectivity index (χ4n) is 5.03. The molecule has 0 aromatic heterocycles. The maximum Gasteiger partial charge on any atom is 0.0755 e. The van der Waals surface area contributed by atoms with E-state index in [0.717, 1.165) is 58.7 Å². The van der Waals surface area contributed by atoms with Gasteiger partial charge in [-0.3, -0.25) is 4.90 Å². The van der Waals surface area contributed by atoms with Crippen molar-refractivity contribution in [2.75, 3.05) is 46.1 Å². The second-order valence-electron chi connectivity index (χ2n) is 9.09. The van der Waals surface area contributed by atoms with Crippen molar-refractivity contribution >= 4 is 0 Å². The van der Waals surface area contributed by atoms with E-state index in [1.165, 1.54) is 5.57 Å². The van der Waals surface area contributed by atoms with E-state index in [1.54, 1.807) is 0 Å². The van der Waals surface area contributed by atoms with Crippen molar-refractivity contribution in [2.45, 2.75) is 51.7 Å². The Labute approximate surface area is 182 Å². The number of aliphatic hydroxyl groups excluding tert-OH is 2.